The van der Waals surface area contributed by atoms with Crippen LogP contribution in [0.25, 0.3) is 22.3 Å². The van der Waals surface area contributed by atoms with E-state index in [1.54, 1.807) is 15.4 Å². The van der Waals surface area contributed by atoms with E-state index in [0.29, 0.717) is 59.4 Å². The molecule has 0 spiro atoms. The van der Waals surface area contributed by atoms with Crippen LogP contribution in [0, 0.1) is 13.8 Å². The van der Waals surface area contributed by atoms with Gasteiger partial charge in [0.2, 0.25) is 0 Å². The molecule has 1 unspecified atom stereocenters. The molecule has 0 aliphatic carbocycles. The van der Waals surface area contributed by atoms with Gasteiger partial charge in [0, 0.05) is 50.7 Å². The molecule has 1 aliphatic heterocycles. The van der Waals surface area contributed by atoms with E-state index in [2.05, 4.69) is 15.0 Å². The Morgan fingerprint density at radius 2 is 2.00 bits per heavy atom. The van der Waals surface area contributed by atoms with Gasteiger partial charge in [-0.05, 0) is 31.9 Å². The smallest absolute Gasteiger partial charge is 0.263 e. The van der Waals surface area contributed by atoms with Gasteiger partial charge in [0.1, 0.15) is 23.4 Å². The van der Waals surface area contributed by atoms with Gasteiger partial charge in [0.25, 0.3) is 5.56 Å². The maximum Gasteiger partial charge on any atom is 0.263 e. The molecule has 0 N–H and O–H groups in total. The minimum Gasteiger partial charge on any atom is -0.370 e. The van der Waals surface area contributed by atoms with Crippen molar-refractivity contribution in [1.82, 2.24) is 29.3 Å². The summed E-state index contributed by atoms with van der Waals surface area (Å²) in [5.74, 6) is 1.42. The number of aryl methyl sites for hydroxylation is 3. The van der Waals surface area contributed by atoms with Gasteiger partial charge in [-0.15, -0.1) is 0 Å². The molecular weight excluding hydrogens is 466 g/mol. The van der Waals surface area contributed by atoms with Crippen molar-refractivity contribution in [1.29, 1.82) is 0 Å². The summed E-state index contributed by atoms with van der Waals surface area (Å²) in [5, 5.41) is 5.29. The number of morpholine rings is 1. The highest BCUT2D eigenvalue weighted by atomic mass is 35.5. The summed E-state index contributed by atoms with van der Waals surface area (Å²) in [6.45, 7) is 8.27. The molecule has 182 valence electrons. The SMILES string of the molecule is CCCn1c(C)nc2cc(N3CCOC(c4cnn(C)c4)C3)nc(-c3ncc(Cl)cc3C)c2c1=O. The fraction of sp³-hybridized carbons (Fsp3) is 0.400. The summed E-state index contributed by atoms with van der Waals surface area (Å²) in [5.41, 5.74) is 3.53. The lowest BCUT2D eigenvalue weighted by Crippen LogP contribution is -2.39. The zero-order valence-electron chi connectivity index (χ0n) is 20.3. The molecular formula is C25H28ClN7O2. The minimum absolute atomic E-state index is 0.102. The Kier molecular flexibility index (Phi) is 6.29. The molecule has 5 rings (SSSR count). The number of fused-ring (bicyclic) bond motifs is 1. The lowest BCUT2D eigenvalue weighted by atomic mass is 10.1. The molecule has 35 heavy (non-hydrogen) atoms. The van der Waals surface area contributed by atoms with Gasteiger partial charge in [-0.25, -0.2) is 9.97 Å². The summed E-state index contributed by atoms with van der Waals surface area (Å²) >= 11 is 6.18. The average Bonchev–Trinajstić information content (AvgIpc) is 3.27. The van der Waals surface area contributed by atoms with Gasteiger partial charge in [0.05, 0.1) is 34.4 Å². The molecule has 0 amide bonds. The van der Waals surface area contributed by atoms with E-state index >= 15 is 0 Å². The van der Waals surface area contributed by atoms with Crippen LogP contribution >= 0.6 is 11.6 Å². The van der Waals surface area contributed by atoms with Crippen LogP contribution in [0.15, 0.2) is 35.5 Å². The van der Waals surface area contributed by atoms with Crippen LogP contribution in [-0.2, 0) is 18.3 Å². The highest BCUT2D eigenvalue weighted by Crippen LogP contribution is 2.32. The average molecular weight is 494 g/mol. The highest BCUT2D eigenvalue weighted by molar-refractivity contribution is 6.30. The zero-order chi connectivity index (χ0) is 24.7. The summed E-state index contributed by atoms with van der Waals surface area (Å²) in [7, 11) is 1.89. The third-order valence-electron chi connectivity index (χ3n) is 6.32. The topological polar surface area (TPSA) is 91.0 Å². The first kappa shape index (κ1) is 23.4. The number of nitrogens with zero attached hydrogens (tertiary/aromatic N) is 7. The first-order valence-corrected chi connectivity index (χ1v) is 12.1. The Morgan fingerprint density at radius 3 is 2.71 bits per heavy atom. The van der Waals surface area contributed by atoms with Crippen LogP contribution < -0.4 is 10.5 Å². The Labute approximate surface area is 208 Å². The molecule has 0 radical (unpaired) electrons. The number of rotatable bonds is 5. The predicted octanol–water partition coefficient (Wildman–Crippen LogP) is 3.85. The van der Waals surface area contributed by atoms with Crippen molar-refractivity contribution >= 4 is 28.3 Å². The first-order valence-electron chi connectivity index (χ1n) is 11.8. The molecule has 1 fully saturated rings. The number of ether oxygens (including phenoxy) is 1. The van der Waals surface area contributed by atoms with E-state index in [-0.39, 0.29) is 11.7 Å². The van der Waals surface area contributed by atoms with E-state index in [0.717, 1.165) is 23.4 Å². The van der Waals surface area contributed by atoms with Gasteiger partial charge in [-0.1, -0.05) is 18.5 Å². The van der Waals surface area contributed by atoms with Crippen molar-refractivity contribution in [3.8, 4) is 11.4 Å². The molecule has 9 nitrogen and oxygen atoms in total. The van der Waals surface area contributed by atoms with E-state index in [1.165, 1.54) is 0 Å². The molecule has 1 atom stereocenters. The number of halogens is 1. The Balaban J connectivity index is 1.68. The van der Waals surface area contributed by atoms with Crippen LogP contribution in [0.1, 0.15) is 36.4 Å². The fourth-order valence-electron chi connectivity index (χ4n) is 4.61. The van der Waals surface area contributed by atoms with Crippen molar-refractivity contribution in [2.45, 2.75) is 39.8 Å². The van der Waals surface area contributed by atoms with Crippen molar-refractivity contribution in [2.24, 2.45) is 7.05 Å². The van der Waals surface area contributed by atoms with Gasteiger partial charge >= 0.3 is 0 Å². The van der Waals surface area contributed by atoms with Crippen LogP contribution in [0.2, 0.25) is 5.02 Å². The zero-order valence-corrected chi connectivity index (χ0v) is 21.1. The van der Waals surface area contributed by atoms with Crippen molar-refractivity contribution in [3.05, 3.63) is 63.1 Å². The molecule has 5 heterocycles. The largest absolute Gasteiger partial charge is 0.370 e. The van der Waals surface area contributed by atoms with Crippen molar-refractivity contribution in [2.75, 3.05) is 24.6 Å². The molecule has 1 saturated heterocycles. The van der Waals surface area contributed by atoms with Crippen molar-refractivity contribution in [3.63, 3.8) is 0 Å². The summed E-state index contributed by atoms with van der Waals surface area (Å²) < 4.78 is 9.51. The van der Waals surface area contributed by atoms with E-state index in [1.807, 2.05) is 52.3 Å². The van der Waals surface area contributed by atoms with Gasteiger partial charge in [-0.2, -0.15) is 5.10 Å². The van der Waals surface area contributed by atoms with Gasteiger partial charge < -0.3 is 9.64 Å². The minimum atomic E-state index is -0.124. The summed E-state index contributed by atoms with van der Waals surface area (Å²) in [6, 6.07) is 3.74. The van der Waals surface area contributed by atoms with Gasteiger partial charge in [-0.3, -0.25) is 19.0 Å². The molecule has 1 aliphatic rings. The van der Waals surface area contributed by atoms with Crippen LogP contribution in [0.5, 0.6) is 0 Å². The Bertz CT molecular complexity index is 1460. The summed E-state index contributed by atoms with van der Waals surface area (Å²) in [4.78, 5) is 30.2. The van der Waals surface area contributed by atoms with Crippen LogP contribution in [0.4, 0.5) is 5.82 Å². The summed E-state index contributed by atoms with van der Waals surface area (Å²) in [6.07, 6.45) is 6.09. The number of anilines is 1. The Morgan fingerprint density at radius 1 is 1.17 bits per heavy atom. The molecule has 4 aromatic rings. The molecule has 0 aromatic carbocycles. The second-order valence-corrected chi connectivity index (χ2v) is 9.35. The standard InChI is InChI=1S/C25H28ClN7O2/c1-5-6-33-16(3)29-19-10-21(32-7-8-35-20(14-32)17-11-28-31(4)13-17)30-24(22(19)25(33)34)23-15(2)9-18(26)12-27-23/h9-13,20H,5-8,14H2,1-4H3. The second kappa shape index (κ2) is 9.39. The number of hydrogen-bond donors (Lipinski definition) is 0. The monoisotopic (exact) mass is 493 g/mol. The molecule has 0 saturated carbocycles. The van der Waals surface area contributed by atoms with Crippen molar-refractivity contribution < 1.29 is 4.74 Å². The van der Waals surface area contributed by atoms with E-state index in [4.69, 9.17) is 26.3 Å². The van der Waals surface area contributed by atoms with Gasteiger partial charge in [0.15, 0.2) is 0 Å². The lowest BCUT2D eigenvalue weighted by molar-refractivity contribution is 0.0395. The Hall–Kier alpha value is -3.30. The van der Waals surface area contributed by atoms with E-state index in [9.17, 15) is 4.79 Å². The van der Waals surface area contributed by atoms with E-state index < -0.39 is 0 Å². The third kappa shape index (κ3) is 4.41. The maximum absolute atomic E-state index is 13.6. The quantitative estimate of drug-likeness (QED) is 0.417. The lowest BCUT2D eigenvalue weighted by Gasteiger charge is -2.33. The normalized spacial score (nSPS) is 16.3. The second-order valence-electron chi connectivity index (χ2n) is 8.91. The highest BCUT2D eigenvalue weighted by Gasteiger charge is 2.26. The number of hydrogen-bond acceptors (Lipinski definition) is 7. The first-order chi connectivity index (χ1) is 16.9. The predicted molar refractivity (Wildman–Crippen MR) is 136 cm³/mol. The maximum atomic E-state index is 13.6. The fourth-order valence-corrected chi connectivity index (χ4v) is 4.82. The third-order valence-corrected chi connectivity index (χ3v) is 6.53. The molecule has 0 bridgehead atoms. The molecule has 4 aromatic heterocycles. The molecule has 10 heteroatoms. The van der Waals surface area contributed by atoms with Crippen LogP contribution in [0.3, 0.4) is 0 Å². The number of pyridine rings is 2. The van der Waals surface area contributed by atoms with Crippen LogP contribution in [-0.4, -0.2) is 49.0 Å². The number of aromatic nitrogens is 6.